The van der Waals surface area contributed by atoms with Gasteiger partial charge in [-0.25, -0.2) is 4.98 Å². The lowest BCUT2D eigenvalue weighted by Gasteiger charge is -2.14. The lowest BCUT2D eigenvalue weighted by molar-refractivity contribution is -0.385. The molecule has 0 atom stereocenters. The van der Waals surface area contributed by atoms with Gasteiger partial charge in [-0.3, -0.25) is 15.5 Å². The summed E-state index contributed by atoms with van der Waals surface area (Å²) < 4.78 is 12.0. The lowest BCUT2D eigenvalue weighted by atomic mass is 10.2. The Labute approximate surface area is 196 Å². The van der Waals surface area contributed by atoms with Crippen molar-refractivity contribution in [1.29, 1.82) is 0 Å². The van der Waals surface area contributed by atoms with Crippen LogP contribution in [0.3, 0.4) is 0 Å². The number of nitro groups is 1. The van der Waals surface area contributed by atoms with Gasteiger partial charge in [0, 0.05) is 6.07 Å². The number of hydrazone groups is 1. The predicted octanol–water partition coefficient (Wildman–Crippen LogP) is 6.09. The van der Waals surface area contributed by atoms with E-state index in [0.29, 0.717) is 31.8 Å². The van der Waals surface area contributed by atoms with E-state index >= 15 is 0 Å². The minimum absolute atomic E-state index is 0.0975. The van der Waals surface area contributed by atoms with E-state index in [1.54, 1.807) is 30.5 Å². The van der Waals surface area contributed by atoms with E-state index in [9.17, 15) is 10.1 Å². The number of benzene rings is 2. The Kier molecular flexibility index (Phi) is 7.67. The molecule has 2 aromatic carbocycles. The van der Waals surface area contributed by atoms with Crippen molar-refractivity contribution in [3.63, 3.8) is 0 Å². The number of pyridine rings is 1. The number of aromatic nitrogens is 1. The minimum atomic E-state index is -0.519. The van der Waals surface area contributed by atoms with Crippen LogP contribution in [-0.4, -0.2) is 23.2 Å². The first-order valence-corrected chi connectivity index (χ1v) is 10.3. The SMILES string of the molecule is COc1cc(/C=N/Nc2ccc([N+](=O)[O-])cn2)cc(Br)c1OCc1ccc(Cl)c(Cl)c1. The molecule has 0 fully saturated rings. The van der Waals surface area contributed by atoms with Crippen LogP contribution in [0.4, 0.5) is 11.5 Å². The van der Waals surface area contributed by atoms with Crippen LogP contribution in [0.5, 0.6) is 11.5 Å². The molecule has 3 rings (SSSR count). The highest BCUT2D eigenvalue weighted by atomic mass is 79.9. The fraction of sp³-hybridized carbons (Fsp3) is 0.100. The molecule has 0 amide bonds. The highest BCUT2D eigenvalue weighted by Crippen LogP contribution is 2.37. The number of anilines is 1. The van der Waals surface area contributed by atoms with E-state index < -0.39 is 4.92 Å². The zero-order chi connectivity index (χ0) is 22.4. The van der Waals surface area contributed by atoms with Crippen LogP contribution in [0.1, 0.15) is 11.1 Å². The number of hydrogen-bond donors (Lipinski definition) is 1. The second kappa shape index (κ2) is 10.4. The average molecular weight is 526 g/mol. The van der Waals surface area contributed by atoms with Crippen molar-refractivity contribution in [3.8, 4) is 11.5 Å². The van der Waals surface area contributed by atoms with Crippen LogP contribution in [0, 0.1) is 10.1 Å². The van der Waals surface area contributed by atoms with E-state index in [0.717, 1.165) is 17.3 Å². The third-order valence-corrected chi connectivity index (χ3v) is 5.30. The molecule has 1 N–H and O–H groups in total. The predicted molar refractivity (Wildman–Crippen MR) is 124 cm³/mol. The van der Waals surface area contributed by atoms with Gasteiger partial charge in [0.1, 0.15) is 18.6 Å². The van der Waals surface area contributed by atoms with Gasteiger partial charge < -0.3 is 9.47 Å². The van der Waals surface area contributed by atoms with Gasteiger partial charge >= 0.3 is 0 Å². The van der Waals surface area contributed by atoms with Gasteiger partial charge in [0.15, 0.2) is 11.5 Å². The second-order valence-corrected chi connectivity index (χ2v) is 7.77. The van der Waals surface area contributed by atoms with Crippen molar-refractivity contribution in [2.24, 2.45) is 5.10 Å². The van der Waals surface area contributed by atoms with Gasteiger partial charge in [-0.2, -0.15) is 5.10 Å². The maximum atomic E-state index is 10.7. The standard InChI is InChI=1S/C20H15BrCl2N4O4/c1-30-18-8-13(9-25-26-19-5-3-14(10-24-19)27(28)29)6-15(21)20(18)31-11-12-2-4-16(22)17(23)7-12/h2-10H,11H2,1H3,(H,24,26)/b25-9+. The van der Waals surface area contributed by atoms with Crippen LogP contribution in [-0.2, 0) is 6.61 Å². The van der Waals surface area contributed by atoms with E-state index in [1.807, 2.05) is 6.07 Å². The van der Waals surface area contributed by atoms with E-state index in [-0.39, 0.29) is 12.3 Å². The van der Waals surface area contributed by atoms with E-state index in [1.165, 1.54) is 19.2 Å². The molecule has 1 heterocycles. The lowest BCUT2D eigenvalue weighted by Crippen LogP contribution is -2.00. The molecule has 0 radical (unpaired) electrons. The molecule has 0 saturated carbocycles. The minimum Gasteiger partial charge on any atom is -0.493 e. The summed E-state index contributed by atoms with van der Waals surface area (Å²) in [6.45, 7) is 0.270. The number of nitrogens with zero attached hydrogens (tertiary/aromatic N) is 3. The summed E-state index contributed by atoms with van der Waals surface area (Å²) in [7, 11) is 1.54. The van der Waals surface area contributed by atoms with Crippen LogP contribution < -0.4 is 14.9 Å². The first-order chi connectivity index (χ1) is 14.9. The molecule has 8 nitrogen and oxygen atoms in total. The zero-order valence-corrected chi connectivity index (χ0v) is 19.1. The van der Waals surface area contributed by atoms with Crippen molar-refractivity contribution < 1.29 is 14.4 Å². The summed E-state index contributed by atoms with van der Waals surface area (Å²) in [6.07, 6.45) is 2.70. The quantitative estimate of drug-likeness (QED) is 0.217. The number of halogens is 3. The van der Waals surface area contributed by atoms with Gasteiger partial charge in [0.25, 0.3) is 5.69 Å². The largest absolute Gasteiger partial charge is 0.493 e. The van der Waals surface area contributed by atoms with Crippen molar-refractivity contribution in [2.75, 3.05) is 12.5 Å². The Hall–Kier alpha value is -2.88. The van der Waals surface area contributed by atoms with Crippen molar-refractivity contribution in [2.45, 2.75) is 6.61 Å². The highest BCUT2D eigenvalue weighted by molar-refractivity contribution is 9.10. The van der Waals surface area contributed by atoms with Gasteiger partial charge in [-0.15, -0.1) is 0 Å². The Morgan fingerprint density at radius 1 is 1.23 bits per heavy atom. The molecule has 11 heteroatoms. The van der Waals surface area contributed by atoms with Gasteiger partial charge in [0.2, 0.25) is 0 Å². The maximum Gasteiger partial charge on any atom is 0.287 e. The molecule has 0 aliphatic carbocycles. The summed E-state index contributed by atoms with van der Waals surface area (Å²) in [4.78, 5) is 14.1. The highest BCUT2D eigenvalue weighted by Gasteiger charge is 2.12. The first kappa shape index (κ1) is 22.8. The number of methoxy groups -OCH3 is 1. The Bertz CT molecular complexity index is 1130. The number of hydrogen-bond acceptors (Lipinski definition) is 7. The third kappa shape index (κ3) is 6.06. The number of nitrogens with one attached hydrogen (secondary N) is 1. The summed E-state index contributed by atoms with van der Waals surface area (Å²) >= 11 is 15.5. The Balaban J connectivity index is 1.69. The maximum absolute atomic E-state index is 10.7. The molecule has 0 spiro atoms. The molecule has 0 saturated heterocycles. The summed E-state index contributed by atoms with van der Waals surface area (Å²) in [5.41, 5.74) is 4.19. The molecule has 160 valence electrons. The fourth-order valence-electron chi connectivity index (χ4n) is 2.47. The van der Waals surface area contributed by atoms with Crippen LogP contribution in [0.25, 0.3) is 0 Å². The topological polar surface area (TPSA) is 98.9 Å². The number of ether oxygens (including phenoxy) is 2. The first-order valence-electron chi connectivity index (χ1n) is 8.71. The molecule has 31 heavy (non-hydrogen) atoms. The van der Waals surface area contributed by atoms with Crippen molar-refractivity contribution in [3.05, 3.63) is 84.4 Å². The molecule has 0 bridgehead atoms. The summed E-state index contributed by atoms with van der Waals surface area (Å²) in [6, 6.07) is 11.6. The molecule has 3 aromatic rings. The molecule has 0 aliphatic rings. The summed E-state index contributed by atoms with van der Waals surface area (Å²) in [5.74, 6) is 1.40. The second-order valence-electron chi connectivity index (χ2n) is 6.10. The number of rotatable bonds is 8. The molecular formula is C20H15BrCl2N4O4. The zero-order valence-electron chi connectivity index (χ0n) is 16.0. The fourth-order valence-corrected chi connectivity index (χ4v) is 3.37. The van der Waals surface area contributed by atoms with E-state index in [2.05, 4.69) is 31.4 Å². The van der Waals surface area contributed by atoms with Crippen LogP contribution in [0.15, 0.2) is 58.2 Å². The van der Waals surface area contributed by atoms with Crippen LogP contribution in [0.2, 0.25) is 10.0 Å². The Morgan fingerprint density at radius 2 is 2.03 bits per heavy atom. The molecule has 0 unspecified atom stereocenters. The van der Waals surface area contributed by atoms with Crippen molar-refractivity contribution in [1.82, 2.24) is 4.98 Å². The van der Waals surface area contributed by atoms with Gasteiger partial charge in [-0.1, -0.05) is 29.3 Å². The summed E-state index contributed by atoms with van der Waals surface area (Å²) in [5, 5.41) is 15.7. The Morgan fingerprint density at radius 3 is 2.68 bits per heavy atom. The molecular weight excluding hydrogens is 511 g/mol. The monoisotopic (exact) mass is 524 g/mol. The molecule has 1 aromatic heterocycles. The molecule has 0 aliphatic heterocycles. The van der Waals surface area contributed by atoms with Gasteiger partial charge in [0.05, 0.1) is 32.8 Å². The third-order valence-electron chi connectivity index (χ3n) is 3.97. The smallest absolute Gasteiger partial charge is 0.287 e. The van der Waals surface area contributed by atoms with Crippen molar-refractivity contribution >= 4 is 56.9 Å². The average Bonchev–Trinajstić information content (AvgIpc) is 2.75. The van der Waals surface area contributed by atoms with Gasteiger partial charge in [-0.05, 0) is 57.4 Å². The van der Waals surface area contributed by atoms with E-state index in [4.69, 9.17) is 32.7 Å². The van der Waals surface area contributed by atoms with Crippen LogP contribution >= 0.6 is 39.1 Å². The normalized spacial score (nSPS) is 10.8.